The minimum absolute atomic E-state index is 0.0675. The highest BCUT2D eigenvalue weighted by molar-refractivity contribution is 5.91. The van der Waals surface area contributed by atoms with E-state index >= 15 is 0 Å². The molecule has 0 saturated heterocycles. The molecular weight excluding hydrogens is 432 g/mol. The standard InChI is InChI=1S/C25H30N6O3/c1-17(32)25(26,31-24(33)34-15-18-9-3-2-4-10-18)16-27-23-29-21-14-8-7-13-20(21)22(30-23)28-19-11-5-6-12-19/h2-4,7-10,13-14,19H,5-6,11-12,15-16,26H2,1H3,(H,31,33)(H2,27,28,29,30). The summed E-state index contributed by atoms with van der Waals surface area (Å²) in [4.78, 5) is 33.8. The summed E-state index contributed by atoms with van der Waals surface area (Å²) in [6.07, 6.45) is 3.82. The molecule has 1 aliphatic carbocycles. The van der Waals surface area contributed by atoms with E-state index in [0.717, 1.165) is 35.1 Å². The fourth-order valence-electron chi connectivity index (χ4n) is 3.95. The van der Waals surface area contributed by atoms with Crippen LogP contribution in [0.4, 0.5) is 16.6 Å². The van der Waals surface area contributed by atoms with Crippen molar-refractivity contribution < 1.29 is 14.3 Å². The molecule has 0 radical (unpaired) electrons. The molecule has 4 rings (SSSR count). The van der Waals surface area contributed by atoms with Gasteiger partial charge in [0.05, 0.1) is 12.1 Å². The maximum absolute atomic E-state index is 12.3. The number of amides is 1. The Morgan fingerprint density at radius 3 is 2.50 bits per heavy atom. The number of Topliss-reactive ketones (excluding diaryl/α,β-unsaturated/α-hetero) is 1. The molecule has 0 aliphatic heterocycles. The molecule has 1 unspecified atom stereocenters. The Kier molecular flexibility index (Phi) is 7.22. The predicted octanol–water partition coefficient (Wildman–Crippen LogP) is 3.57. The summed E-state index contributed by atoms with van der Waals surface area (Å²) >= 11 is 0. The number of carbonyl (C=O) groups excluding carboxylic acids is 2. The summed E-state index contributed by atoms with van der Waals surface area (Å²) < 4.78 is 5.23. The molecule has 1 heterocycles. The van der Waals surface area contributed by atoms with Gasteiger partial charge in [-0.1, -0.05) is 55.3 Å². The second-order valence-corrected chi connectivity index (χ2v) is 8.61. The van der Waals surface area contributed by atoms with E-state index in [4.69, 9.17) is 10.5 Å². The molecule has 0 bridgehead atoms. The Labute approximate surface area is 198 Å². The van der Waals surface area contributed by atoms with Crippen LogP contribution < -0.4 is 21.7 Å². The lowest BCUT2D eigenvalue weighted by Gasteiger charge is -2.27. The topological polar surface area (TPSA) is 131 Å². The molecule has 9 heteroatoms. The number of nitrogens with one attached hydrogen (secondary N) is 3. The van der Waals surface area contributed by atoms with Gasteiger partial charge >= 0.3 is 6.09 Å². The first-order chi connectivity index (χ1) is 16.4. The predicted molar refractivity (Wildman–Crippen MR) is 131 cm³/mol. The van der Waals surface area contributed by atoms with E-state index in [2.05, 4.69) is 25.9 Å². The Bertz CT molecular complexity index is 1150. The molecule has 0 spiro atoms. The molecule has 3 aromatic rings. The highest BCUT2D eigenvalue weighted by atomic mass is 16.5. The summed E-state index contributed by atoms with van der Waals surface area (Å²) in [5.74, 6) is 0.622. The molecule has 178 valence electrons. The van der Waals surface area contributed by atoms with Gasteiger partial charge in [-0.15, -0.1) is 0 Å². The van der Waals surface area contributed by atoms with Gasteiger partial charge in [-0.25, -0.2) is 9.78 Å². The zero-order chi connectivity index (χ0) is 24.0. The van der Waals surface area contributed by atoms with Gasteiger partial charge in [-0.3, -0.25) is 10.1 Å². The van der Waals surface area contributed by atoms with Crippen molar-refractivity contribution in [3.05, 3.63) is 60.2 Å². The SMILES string of the molecule is CC(=O)C(N)(CNc1nc(NC2CCCC2)c2ccccc2n1)NC(=O)OCc1ccccc1. The first-order valence-electron chi connectivity index (χ1n) is 11.5. The minimum atomic E-state index is -1.69. The Balaban J connectivity index is 1.45. The highest BCUT2D eigenvalue weighted by Gasteiger charge is 2.33. The third-order valence-corrected chi connectivity index (χ3v) is 5.99. The number of ether oxygens (including phenoxy) is 1. The van der Waals surface area contributed by atoms with Crippen molar-refractivity contribution in [1.29, 1.82) is 0 Å². The molecule has 1 atom stereocenters. The first-order valence-corrected chi connectivity index (χ1v) is 11.5. The van der Waals surface area contributed by atoms with Crippen LogP contribution in [0, 0.1) is 0 Å². The second-order valence-electron chi connectivity index (χ2n) is 8.61. The van der Waals surface area contributed by atoms with Crippen molar-refractivity contribution in [2.45, 2.75) is 50.9 Å². The summed E-state index contributed by atoms with van der Waals surface area (Å²) in [7, 11) is 0. The zero-order valence-electron chi connectivity index (χ0n) is 19.2. The Morgan fingerprint density at radius 1 is 1.06 bits per heavy atom. The summed E-state index contributed by atoms with van der Waals surface area (Å²) in [5, 5.41) is 9.96. The molecule has 5 N–H and O–H groups in total. The maximum atomic E-state index is 12.3. The number of nitrogens with zero attached hydrogens (tertiary/aromatic N) is 2. The van der Waals surface area contributed by atoms with Crippen molar-refractivity contribution in [3.8, 4) is 0 Å². The molecule has 1 aromatic heterocycles. The maximum Gasteiger partial charge on any atom is 0.409 e. The fourth-order valence-corrected chi connectivity index (χ4v) is 3.95. The zero-order valence-corrected chi connectivity index (χ0v) is 19.2. The van der Waals surface area contributed by atoms with Crippen LogP contribution in [0.25, 0.3) is 10.9 Å². The Hall–Kier alpha value is -3.72. The average Bonchev–Trinajstić information content (AvgIpc) is 3.35. The second kappa shape index (κ2) is 10.5. The van der Waals surface area contributed by atoms with E-state index in [1.54, 1.807) is 0 Å². The van der Waals surface area contributed by atoms with Gasteiger partial charge in [0.2, 0.25) is 5.95 Å². The molecule has 1 saturated carbocycles. The van der Waals surface area contributed by atoms with E-state index in [-0.39, 0.29) is 13.2 Å². The number of nitrogens with two attached hydrogens (primary N) is 1. The van der Waals surface area contributed by atoms with Crippen LogP contribution in [-0.2, 0) is 16.1 Å². The molecule has 34 heavy (non-hydrogen) atoms. The van der Waals surface area contributed by atoms with Gasteiger partial charge in [0.1, 0.15) is 12.4 Å². The number of alkyl carbamates (subject to hydrolysis) is 1. The van der Waals surface area contributed by atoms with Crippen molar-refractivity contribution in [2.24, 2.45) is 5.73 Å². The van der Waals surface area contributed by atoms with Crippen LogP contribution in [0.1, 0.15) is 38.2 Å². The van der Waals surface area contributed by atoms with Crippen LogP contribution in [0.2, 0.25) is 0 Å². The number of hydrogen-bond acceptors (Lipinski definition) is 8. The summed E-state index contributed by atoms with van der Waals surface area (Å²) in [5.41, 5.74) is 6.15. The van der Waals surface area contributed by atoms with Crippen molar-refractivity contribution >= 4 is 34.5 Å². The smallest absolute Gasteiger partial charge is 0.409 e. The lowest BCUT2D eigenvalue weighted by molar-refractivity contribution is -0.122. The summed E-state index contributed by atoms with van der Waals surface area (Å²) in [6, 6.07) is 17.4. The van der Waals surface area contributed by atoms with Crippen molar-refractivity contribution in [1.82, 2.24) is 15.3 Å². The van der Waals surface area contributed by atoms with Gasteiger partial charge in [-0.2, -0.15) is 4.98 Å². The lowest BCUT2D eigenvalue weighted by atomic mass is 10.1. The van der Waals surface area contributed by atoms with E-state index < -0.39 is 17.5 Å². The average molecular weight is 463 g/mol. The quantitative estimate of drug-likeness (QED) is 0.355. The van der Waals surface area contributed by atoms with E-state index in [1.165, 1.54) is 19.8 Å². The monoisotopic (exact) mass is 462 g/mol. The largest absolute Gasteiger partial charge is 0.445 e. The van der Waals surface area contributed by atoms with Crippen LogP contribution in [0.5, 0.6) is 0 Å². The number of carbonyl (C=O) groups is 2. The summed E-state index contributed by atoms with van der Waals surface area (Å²) in [6.45, 7) is 1.27. The Morgan fingerprint density at radius 2 is 1.76 bits per heavy atom. The fraction of sp³-hybridized carbons (Fsp3) is 0.360. The van der Waals surface area contributed by atoms with Crippen LogP contribution >= 0.6 is 0 Å². The van der Waals surface area contributed by atoms with Crippen LogP contribution in [0.3, 0.4) is 0 Å². The number of ketones is 1. The van der Waals surface area contributed by atoms with Gasteiger partial charge in [0.25, 0.3) is 0 Å². The minimum Gasteiger partial charge on any atom is -0.445 e. The number of rotatable bonds is 9. The van der Waals surface area contributed by atoms with Gasteiger partial charge in [0, 0.05) is 11.4 Å². The van der Waals surface area contributed by atoms with Gasteiger partial charge < -0.3 is 21.1 Å². The number of para-hydroxylation sites is 1. The lowest BCUT2D eigenvalue weighted by Crippen LogP contribution is -2.64. The number of fused-ring (bicyclic) bond motifs is 1. The molecule has 1 fully saturated rings. The third-order valence-electron chi connectivity index (χ3n) is 5.99. The van der Waals surface area contributed by atoms with E-state index in [1.807, 2.05) is 54.6 Å². The van der Waals surface area contributed by atoms with Gasteiger partial charge in [0.15, 0.2) is 11.4 Å². The van der Waals surface area contributed by atoms with E-state index in [0.29, 0.717) is 12.0 Å². The van der Waals surface area contributed by atoms with Crippen LogP contribution in [-0.4, -0.2) is 40.1 Å². The number of hydrogen-bond donors (Lipinski definition) is 4. The molecule has 1 aliphatic rings. The van der Waals surface area contributed by atoms with Crippen LogP contribution in [0.15, 0.2) is 54.6 Å². The molecule has 1 amide bonds. The first kappa shape index (κ1) is 23.4. The van der Waals surface area contributed by atoms with Crippen molar-refractivity contribution in [3.63, 3.8) is 0 Å². The third kappa shape index (κ3) is 5.79. The van der Waals surface area contributed by atoms with E-state index in [9.17, 15) is 9.59 Å². The normalized spacial score (nSPS) is 15.5. The number of aromatic nitrogens is 2. The highest BCUT2D eigenvalue weighted by Crippen LogP contribution is 2.27. The number of anilines is 2. The van der Waals surface area contributed by atoms with Gasteiger partial charge in [-0.05, 0) is 37.5 Å². The van der Waals surface area contributed by atoms with Crippen molar-refractivity contribution in [2.75, 3.05) is 17.2 Å². The number of benzene rings is 2. The molecular formula is C25H30N6O3. The molecule has 2 aromatic carbocycles. The molecule has 9 nitrogen and oxygen atoms in total.